The van der Waals surface area contributed by atoms with Crippen molar-refractivity contribution in [3.05, 3.63) is 96.7 Å². The zero-order chi connectivity index (χ0) is 27.7. The molecule has 1 aromatic heterocycles. The number of hydrogen-bond acceptors (Lipinski definition) is 8. The first-order valence-electron chi connectivity index (χ1n) is 12.6. The standard InChI is InChI=1S/C30H28N2O6S/c1-5-37-23-15-18(11-13-21(23)33)16-24-28(34)32-27(25(29(35)38-6-2)17(3)31-30(32)39-24)26-20-10-8-7-9-19(20)12-14-22(26)36-4/h7-16,27,33H,5-6H2,1-4H3/b24-16-/t27-/m1/s1. The van der Waals surface area contributed by atoms with Gasteiger partial charge in [-0.25, -0.2) is 9.79 Å². The third-order valence-corrected chi connectivity index (χ3v) is 7.51. The Bertz CT molecular complexity index is 1800. The number of nitrogens with zero attached hydrogens (tertiary/aromatic N) is 2. The van der Waals surface area contributed by atoms with Crippen LogP contribution in [-0.4, -0.2) is 36.0 Å². The molecule has 39 heavy (non-hydrogen) atoms. The summed E-state index contributed by atoms with van der Waals surface area (Å²) in [4.78, 5) is 32.5. The van der Waals surface area contributed by atoms with Gasteiger partial charge in [0.15, 0.2) is 16.3 Å². The number of fused-ring (bicyclic) bond motifs is 2. The molecule has 0 spiro atoms. The van der Waals surface area contributed by atoms with Gasteiger partial charge in [0.25, 0.3) is 5.56 Å². The van der Waals surface area contributed by atoms with E-state index in [-0.39, 0.29) is 23.5 Å². The lowest BCUT2D eigenvalue weighted by molar-refractivity contribution is -0.139. The second kappa shape index (κ2) is 10.8. The molecule has 3 aromatic carbocycles. The number of ether oxygens (including phenoxy) is 3. The first kappa shape index (κ1) is 26.2. The number of phenolic OH excluding ortho intramolecular Hbond substituents is 1. The third kappa shape index (κ3) is 4.70. The number of allylic oxidation sites excluding steroid dienone is 1. The molecule has 1 atom stereocenters. The smallest absolute Gasteiger partial charge is 0.338 e. The molecule has 0 radical (unpaired) electrons. The van der Waals surface area contributed by atoms with E-state index in [1.807, 2.05) is 43.3 Å². The van der Waals surface area contributed by atoms with E-state index in [9.17, 15) is 14.7 Å². The third-order valence-electron chi connectivity index (χ3n) is 6.52. The second-order valence-corrected chi connectivity index (χ2v) is 9.87. The maximum Gasteiger partial charge on any atom is 0.338 e. The van der Waals surface area contributed by atoms with Gasteiger partial charge in [0.1, 0.15) is 11.8 Å². The number of aromatic hydroxyl groups is 1. The van der Waals surface area contributed by atoms with Gasteiger partial charge in [-0.1, -0.05) is 47.7 Å². The van der Waals surface area contributed by atoms with Crippen LogP contribution in [0.4, 0.5) is 0 Å². The van der Waals surface area contributed by atoms with E-state index in [0.717, 1.165) is 10.8 Å². The SMILES string of the molecule is CCOC(=O)C1=C(C)N=c2s/c(=C\c3ccc(O)c(OCC)c3)c(=O)n2[C@H]1c1c(OC)ccc2ccccc12. The molecule has 0 unspecified atom stereocenters. The van der Waals surface area contributed by atoms with Gasteiger partial charge in [0.2, 0.25) is 0 Å². The summed E-state index contributed by atoms with van der Waals surface area (Å²) in [5.41, 5.74) is 1.82. The Kier molecular flexibility index (Phi) is 7.26. The van der Waals surface area contributed by atoms with Gasteiger partial charge < -0.3 is 19.3 Å². The predicted octanol–water partition coefficient (Wildman–Crippen LogP) is 4.06. The number of hydrogen-bond donors (Lipinski definition) is 1. The molecule has 0 amide bonds. The maximum absolute atomic E-state index is 14.0. The molecule has 0 aliphatic carbocycles. The summed E-state index contributed by atoms with van der Waals surface area (Å²) in [6, 6.07) is 15.7. The summed E-state index contributed by atoms with van der Waals surface area (Å²) in [7, 11) is 1.57. The Hall–Kier alpha value is -4.37. The minimum atomic E-state index is -0.817. The first-order chi connectivity index (χ1) is 18.9. The Labute approximate surface area is 228 Å². The van der Waals surface area contributed by atoms with Crippen molar-refractivity contribution in [2.24, 2.45) is 4.99 Å². The lowest BCUT2D eigenvalue weighted by atomic mass is 9.90. The van der Waals surface area contributed by atoms with Crippen LogP contribution in [0.25, 0.3) is 16.8 Å². The number of rotatable bonds is 7. The zero-order valence-corrected chi connectivity index (χ0v) is 22.9. The highest BCUT2D eigenvalue weighted by molar-refractivity contribution is 7.07. The minimum Gasteiger partial charge on any atom is -0.504 e. The molecule has 1 aliphatic rings. The highest BCUT2D eigenvalue weighted by atomic mass is 32.1. The Morgan fingerprint density at radius 3 is 2.64 bits per heavy atom. The molecule has 0 bridgehead atoms. The largest absolute Gasteiger partial charge is 0.504 e. The molecular weight excluding hydrogens is 516 g/mol. The summed E-state index contributed by atoms with van der Waals surface area (Å²) in [6.07, 6.45) is 1.73. The topological polar surface area (TPSA) is 99.4 Å². The van der Waals surface area contributed by atoms with E-state index in [1.165, 1.54) is 17.4 Å². The van der Waals surface area contributed by atoms with Crippen LogP contribution < -0.4 is 24.4 Å². The molecule has 0 fully saturated rings. The molecule has 5 rings (SSSR count). The number of benzene rings is 3. The van der Waals surface area contributed by atoms with Gasteiger partial charge in [-0.3, -0.25) is 9.36 Å². The fraction of sp³-hybridized carbons (Fsp3) is 0.233. The Balaban J connectivity index is 1.81. The predicted molar refractivity (Wildman–Crippen MR) is 150 cm³/mol. The average Bonchev–Trinajstić information content (AvgIpc) is 3.23. The number of carbonyl (C=O) groups is 1. The van der Waals surface area contributed by atoms with Crippen LogP contribution in [0.1, 0.15) is 37.9 Å². The van der Waals surface area contributed by atoms with Crippen LogP contribution in [0.15, 0.2) is 75.7 Å². The molecule has 0 saturated heterocycles. The van der Waals surface area contributed by atoms with Gasteiger partial charge in [0, 0.05) is 5.56 Å². The maximum atomic E-state index is 14.0. The molecule has 0 saturated carbocycles. The van der Waals surface area contributed by atoms with Gasteiger partial charge in [0.05, 0.1) is 36.1 Å². The van der Waals surface area contributed by atoms with Crippen molar-refractivity contribution in [1.82, 2.24) is 4.57 Å². The average molecular weight is 545 g/mol. The molecule has 4 aromatic rings. The number of carbonyl (C=O) groups excluding carboxylic acids is 1. The van der Waals surface area contributed by atoms with Gasteiger partial charge in [-0.05, 0) is 61.4 Å². The summed E-state index contributed by atoms with van der Waals surface area (Å²) in [5, 5.41) is 11.9. The summed E-state index contributed by atoms with van der Waals surface area (Å²) in [6.45, 7) is 5.90. The summed E-state index contributed by atoms with van der Waals surface area (Å²) >= 11 is 1.23. The fourth-order valence-electron chi connectivity index (χ4n) is 4.84. The van der Waals surface area contributed by atoms with E-state index in [4.69, 9.17) is 14.2 Å². The van der Waals surface area contributed by atoms with Gasteiger partial charge in [-0.2, -0.15) is 0 Å². The molecule has 9 heteroatoms. The first-order valence-corrected chi connectivity index (χ1v) is 13.4. The van der Waals surface area contributed by atoms with Crippen LogP contribution in [0.2, 0.25) is 0 Å². The van der Waals surface area contributed by atoms with Gasteiger partial charge >= 0.3 is 5.97 Å². The van der Waals surface area contributed by atoms with Crippen molar-refractivity contribution in [2.75, 3.05) is 20.3 Å². The van der Waals surface area contributed by atoms with Crippen LogP contribution >= 0.6 is 11.3 Å². The molecule has 1 aliphatic heterocycles. The van der Waals surface area contributed by atoms with Crippen LogP contribution in [0.3, 0.4) is 0 Å². The van der Waals surface area contributed by atoms with Crippen LogP contribution in [0, 0.1) is 0 Å². The quantitative estimate of drug-likeness (QED) is 0.352. The van der Waals surface area contributed by atoms with E-state index in [0.29, 0.717) is 44.3 Å². The van der Waals surface area contributed by atoms with Crippen molar-refractivity contribution in [2.45, 2.75) is 26.8 Å². The zero-order valence-electron chi connectivity index (χ0n) is 22.1. The summed E-state index contributed by atoms with van der Waals surface area (Å²) < 4.78 is 18.7. The number of methoxy groups -OCH3 is 1. The fourth-order valence-corrected chi connectivity index (χ4v) is 5.89. The summed E-state index contributed by atoms with van der Waals surface area (Å²) in [5.74, 6) is 0.364. The number of phenols is 1. The van der Waals surface area contributed by atoms with Crippen molar-refractivity contribution < 1.29 is 24.1 Å². The van der Waals surface area contributed by atoms with Gasteiger partial charge in [-0.15, -0.1) is 0 Å². The normalized spacial score (nSPS) is 15.2. The Morgan fingerprint density at radius 2 is 1.90 bits per heavy atom. The van der Waals surface area contributed by atoms with E-state index < -0.39 is 12.0 Å². The molecule has 2 heterocycles. The van der Waals surface area contributed by atoms with Crippen LogP contribution in [0.5, 0.6) is 17.2 Å². The van der Waals surface area contributed by atoms with Crippen molar-refractivity contribution >= 4 is 34.2 Å². The second-order valence-electron chi connectivity index (χ2n) is 8.87. The van der Waals surface area contributed by atoms with Crippen molar-refractivity contribution in [3.63, 3.8) is 0 Å². The lowest BCUT2D eigenvalue weighted by Crippen LogP contribution is -2.40. The molecular formula is C30H28N2O6S. The monoisotopic (exact) mass is 544 g/mol. The van der Waals surface area contributed by atoms with Crippen LogP contribution in [-0.2, 0) is 9.53 Å². The number of aromatic nitrogens is 1. The lowest BCUT2D eigenvalue weighted by Gasteiger charge is -2.27. The van der Waals surface area contributed by atoms with Crippen molar-refractivity contribution in [3.8, 4) is 17.2 Å². The molecule has 1 N–H and O–H groups in total. The molecule has 8 nitrogen and oxygen atoms in total. The molecule has 200 valence electrons. The van der Waals surface area contributed by atoms with E-state index in [1.54, 1.807) is 43.7 Å². The number of thiazole rings is 1. The highest BCUT2D eigenvalue weighted by Gasteiger charge is 2.36. The minimum absolute atomic E-state index is 0.0215. The van der Waals surface area contributed by atoms with E-state index in [2.05, 4.69) is 4.99 Å². The number of esters is 1. The highest BCUT2D eigenvalue weighted by Crippen LogP contribution is 2.40. The Morgan fingerprint density at radius 1 is 1.10 bits per heavy atom. The van der Waals surface area contributed by atoms with Crippen molar-refractivity contribution in [1.29, 1.82) is 0 Å². The van der Waals surface area contributed by atoms with E-state index >= 15 is 0 Å².